The molecule has 8 nitrogen and oxygen atoms in total. The van der Waals surface area contributed by atoms with E-state index in [4.69, 9.17) is 4.42 Å². The number of rotatable bonds is 2. The van der Waals surface area contributed by atoms with E-state index < -0.39 is 0 Å². The molecule has 1 saturated heterocycles. The maximum atomic E-state index is 12.5. The SMILES string of the molecule is O=C1NCCc2occ(C(=O)N3CC(c4nccc(=O)[nH]4)C3)c21. The monoisotopic (exact) mass is 314 g/mol. The van der Waals surface area contributed by atoms with Crippen LogP contribution in [0.2, 0.25) is 0 Å². The molecule has 1 fully saturated rings. The zero-order chi connectivity index (χ0) is 16.0. The Balaban J connectivity index is 1.51. The Kier molecular flexibility index (Phi) is 3.03. The topological polar surface area (TPSA) is 108 Å². The Hall–Kier alpha value is -2.90. The van der Waals surface area contributed by atoms with Crippen LogP contribution in [0.3, 0.4) is 0 Å². The van der Waals surface area contributed by atoms with Crippen LogP contribution in [0.4, 0.5) is 0 Å². The standard InChI is InChI=1S/C15H14N4O4/c20-11-2-4-16-13(18-11)8-5-19(6-8)15(22)9-7-23-10-1-3-17-14(21)12(9)10/h2,4,7-8H,1,3,5-6H2,(H,17,21)(H,16,18,20). The maximum absolute atomic E-state index is 12.5. The molecule has 0 bridgehead atoms. The number of aromatic nitrogens is 2. The summed E-state index contributed by atoms with van der Waals surface area (Å²) in [4.78, 5) is 44.2. The molecule has 4 heterocycles. The minimum atomic E-state index is -0.269. The average Bonchev–Trinajstić information content (AvgIpc) is 2.91. The van der Waals surface area contributed by atoms with Gasteiger partial charge < -0.3 is 19.6 Å². The zero-order valence-electron chi connectivity index (χ0n) is 12.2. The van der Waals surface area contributed by atoms with E-state index in [0.717, 1.165) is 0 Å². The van der Waals surface area contributed by atoms with Crippen molar-refractivity contribution in [3.05, 3.63) is 51.6 Å². The van der Waals surface area contributed by atoms with Gasteiger partial charge in [-0.1, -0.05) is 0 Å². The smallest absolute Gasteiger partial charge is 0.257 e. The van der Waals surface area contributed by atoms with Gasteiger partial charge in [-0.3, -0.25) is 14.4 Å². The van der Waals surface area contributed by atoms with Gasteiger partial charge in [0.1, 0.15) is 17.8 Å². The van der Waals surface area contributed by atoms with Gasteiger partial charge in [0, 0.05) is 38.3 Å². The lowest BCUT2D eigenvalue weighted by Crippen LogP contribution is -2.49. The number of H-pyrrole nitrogens is 1. The summed E-state index contributed by atoms with van der Waals surface area (Å²) in [6.45, 7) is 1.42. The molecule has 2 aliphatic rings. The molecule has 0 saturated carbocycles. The molecule has 0 radical (unpaired) electrons. The number of hydrogen-bond donors (Lipinski definition) is 2. The van der Waals surface area contributed by atoms with Crippen LogP contribution in [0.15, 0.2) is 27.7 Å². The van der Waals surface area contributed by atoms with Crippen molar-refractivity contribution in [1.82, 2.24) is 20.2 Å². The summed E-state index contributed by atoms with van der Waals surface area (Å²) < 4.78 is 5.36. The number of aromatic amines is 1. The first kappa shape index (κ1) is 13.7. The van der Waals surface area contributed by atoms with E-state index in [0.29, 0.717) is 48.8 Å². The third-order valence-electron chi connectivity index (χ3n) is 4.21. The number of carbonyl (C=O) groups is 2. The van der Waals surface area contributed by atoms with Crippen molar-refractivity contribution in [2.75, 3.05) is 19.6 Å². The molecule has 0 unspecified atom stereocenters. The van der Waals surface area contributed by atoms with E-state index in [-0.39, 0.29) is 23.3 Å². The molecule has 0 atom stereocenters. The summed E-state index contributed by atoms with van der Waals surface area (Å²) in [6, 6.07) is 1.35. The highest BCUT2D eigenvalue weighted by Gasteiger charge is 2.37. The van der Waals surface area contributed by atoms with Gasteiger partial charge in [-0.25, -0.2) is 4.98 Å². The lowest BCUT2D eigenvalue weighted by atomic mass is 9.96. The van der Waals surface area contributed by atoms with Gasteiger partial charge in [0.2, 0.25) is 0 Å². The molecular formula is C15H14N4O4. The van der Waals surface area contributed by atoms with Crippen LogP contribution in [0.25, 0.3) is 0 Å². The number of amides is 2. The molecule has 4 rings (SSSR count). The number of furan rings is 1. The first-order chi connectivity index (χ1) is 11.1. The summed E-state index contributed by atoms with van der Waals surface area (Å²) in [5, 5.41) is 2.72. The molecule has 23 heavy (non-hydrogen) atoms. The highest BCUT2D eigenvalue weighted by Crippen LogP contribution is 2.28. The second-order valence-corrected chi connectivity index (χ2v) is 5.68. The Labute approximate surface area is 130 Å². The molecule has 2 amide bonds. The summed E-state index contributed by atoms with van der Waals surface area (Å²) in [7, 11) is 0. The van der Waals surface area contributed by atoms with Gasteiger partial charge in [-0.2, -0.15) is 0 Å². The van der Waals surface area contributed by atoms with E-state index in [2.05, 4.69) is 15.3 Å². The lowest BCUT2D eigenvalue weighted by Gasteiger charge is -2.38. The Morgan fingerprint density at radius 2 is 2.17 bits per heavy atom. The fourth-order valence-electron chi connectivity index (χ4n) is 2.95. The van der Waals surface area contributed by atoms with Crippen molar-refractivity contribution in [2.45, 2.75) is 12.3 Å². The summed E-state index contributed by atoms with van der Waals surface area (Å²) in [5.74, 6) is 0.636. The second-order valence-electron chi connectivity index (χ2n) is 5.68. The molecule has 0 aliphatic carbocycles. The van der Waals surface area contributed by atoms with E-state index in [1.165, 1.54) is 18.5 Å². The van der Waals surface area contributed by atoms with Crippen LogP contribution >= 0.6 is 0 Å². The van der Waals surface area contributed by atoms with Crippen LogP contribution in [0.5, 0.6) is 0 Å². The van der Waals surface area contributed by atoms with Gasteiger partial charge in [0.15, 0.2) is 0 Å². The summed E-state index contributed by atoms with van der Waals surface area (Å²) in [6.07, 6.45) is 3.40. The van der Waals surface area contributed by atoms with E-state index in [9.17, 15) is 14.4 Å². The Morgan fingerprint density at radius 3 is 2.96 bits per heavy atom. The molecule has 2 N–H and O–H groups in total. The fourth-order valence-corrected chi connectivity index (χ4v) is 2.95. The number of hydrogen-bond acceptors (Lipinski definition) is 5. The van der Waals surface area contributed by atoms with E-state index >= 15 is 0 Å². The predicted molar refractivity (Wildman–Crippen MR) is 78.2 cm³/mol. The molecule has 0 spiro atoms. The van der Waals surface area contributed by atoms with Gasteiger partial charge in [-0.15, -0.1) is 0 Å². The number of fused-ring (bicyclic) bond motifs is 1. The quantitative estimate of drug-likeness (QED) is 0.804. The molecule has 0 aromatic carbocycles. The largest absolute Gasteiger partial charge is 0.468 e. The third-order valence-corrected chi connectivity index (χ3v) is 4.21. The highest BCUT2D eigenvalue weighted by molar-refractivity contribution is 6.08. The molecule has 118 valence electrons. The number of likely N-dealkylation sites (tertiary alicyclic amines) is 1. The van der Waals surface area contributed by atoms with Crippen molar-refractivity contribution in [1.29, 1.82) is 0 Å². The van der Waals surface area contributed by atoms with Crippen molar-refractivity contribution in [3.8, 4) is 0 Å². The lowest BCUT2D eigenvalue weighted by molar-refractivity contribution is 0.0590. The number of nitrogens with one attached hydrogen (secondary N) is 2. The van der Waals surface area contributed by atoms with Crippen molar-refractivity contribution in [3.63, 3.8) is 0 Å². The van der Waals surface area contributed by atoms with Crippen LogP contribution in [0, 0.1) is 0 Å². The predicted octanol–water partition coefficient (Wildman–Crippen LogP) is -0.112. The zero-order valence-corrected chi connectivity index (χ0v) is 12.2. The third kappa shape index (κ3) is 2.23. The first-order valence-electron chi connectivity index (χ1n) is 7.36. The second kappa shape index (κ2) is 5.08. The summed E-state index contributed by atoms with van der Waals surface area (Å²) in [5.41, 5.74) is 0.432. The normalized spacial score (nSPS) is 17.4. The first-order valence-corrected chi connectivity index (χ1v) is 7.36. The van der Waals surface area contributed by atoms with Gasteiger partial charge in [0.25, 0.3) is 17.4 Å². The molecule has 2 aromatic heterocycles. The summed E-state index contributed by atoms with van der Waals surface area (Å²) >= 11 is 0. The fraction of sp³-hybridized carbons (Fsp3) is 0.333. The maximum Gasteiger partial charge on any atom is 0.257 e. The Morgan fingerprint density at radius 1 is 1.35 bits per heavy atom. The minimum Gasteiger partial charge on any atom is -0.468 e. The Bertz CT molecular complexity index is 847. The number of nitrogens with zero attached hydrogens (tertiary/aromatic N) is 2. The van der Waals surface area contributed by atoms with Crippen LogP contribution < -0.4 is 10.9 Å². The molecular weight excluding hydrogens is 300 g/mol. The molecule has 2 aliphatic heterocycles. The van der Waals surface area contributed by atoms with Crippen molar-refractivity contribution >= 4 is 11.8 Å². The number of carbonyl (C=O) groups excluding carboxylic acids is 2. The van der Waals surface area contributed by atoms with Crippen LogP contribution in [-0.4, -0.2) is 46.3 Å². The van der Waals surface area contributed by atoms with Gasteiger partial charge >= 0.3 is 0 Å². The highest BCUT2D eigenvalue weighted by atomic mass is 16.3. The average molecular weight is 314 g/mol. The minimum absolute atomic E-state index is 0.00408. The van der Waals surface area contributed by atoms with E-state index in [1.807, 2.05) is 0 Å². The van der Waals surface area contributed by atoms with Crippen molar-refractivity contribution in [2.24, 2.45) is 0 Å². The van der Waals surface area contributed by atoms with Gasteiger partial charge in [-0.05, 0) is 0 Å². The van der Waals surface area contributed by atoms with E-state index in [1.54, 1.807) is 4.90 Å². The van der Waals surface area contributed by atoms with Crippen LogP contribution in [-0.2, 0) is 6.42 Å². The van der Waals surface area contributed by atoms with Crippen molar-refractivity contribution < 1.29 is 14.0 Å². The van der Waals surface area contributed by atoms with Crippen LogP contribution in [0.1, 0.15) is 38.2 Å². The van der Waals surface area contributed by atoms with Gasteiger partial charge in [0.05, 0.1) is 17.0 Å². The molecule has 8 heteroatoms. The molecule has 2 aromatic rings.